The van der Waals surface area contributed by atoms with Crippen molar-refractivity contribution in [2.45, 2.75) is 26.4 Å². The number of hydrogen-bond acceptors (Lipinski definition) is 3. The quantitative estimate of drug-likeness (QED) is 0.635. The Bertz CT molecular complexity index is 570. The average Bonchev–Trinajstić information content (AvgIpc) is 2.68. The van der Waals surface area contributed by atoms with Crippen molar-refractivity contribution in [2.75, 3.05) is 6.54 Å². The van der Waals surface area contributed by atoms with Gasteiger partial charge in [-0.15, -0.1) is 0 Å². The lowest BCUT2D eigenvalue weighted by Gasteiger charge is -2.20. The van der Waals surface area contributed by atoms with Gasteiger partial charge in [-0.1, -0.05) is 19.9 Å². The second kappa shape index (κ2) is 5.37. The standard InChI is InChI=1S/C13H20N4O/c1-8(2)12(6-14)15-7-9-3-4-10-11(5-9)17-13(18)16-10/h3-5,8,12,15H,6-7,14H2,1-2H3,(H2,16,17,18). The van der Waals surface area contributed by atoms with Crippen LogP contribution in [-0.2, 0) is 6.54 Å². The summed E-state index contributed by atoms with van der Waals surface area (Å²) in [6.07, 6.45) is 0. The van der Waals surface area contributed by atoms with E-state index in [0.717, 1.165) is 23.1 Å². The number of fused-ring (bicyclic) bond motifs is 1. The van der Waals surface area contributed by atoms with Gasteiger partial charge in [0.15, 0.2) is 0 Å². The fraction of sp³-hybridized carbons (Fsp3) is 0.462. The number of rotatable bonds is 5. The van der Waals surface area contributed by atoms with Gasteiger partial charge < -0.3 is 21.0 Å². The molecule has 0 radical (unpaired) electrons. The molecule has 0 aliphatic heterocycles. The van der Waals surface area contributed by atoms with Gasteiger partial charge in [0, 0.05) is 19.1 Å². The molecule has 5 heteroatoms. The van der Waals surface area contributed by atoms with E-state index in [1.807, 2.05) is 18.2 Å². The molecule has 0 aliphatic rings. The summed E-state index contributed by atoms with van der Waals surface area (Å²) in [6.45, 7) is 5.68. The second-order valence-electron chi connectivity index (χ2n) is 4.93. The van der Waals surface area contributed by atoms with Gasteiger partial charge in [0.05, 0.1) is 11.0 Å². The summed E-state index contributed by atoms with van der Waals surface area (Å²) in [5, 5.41) is 3.43. The van der Waals surface area contributed by atoms with Crippen LogP contribution in [0.3, 0.4) is 0 Å². The summed E-state index contributed by atoms with van der Waals surface area (Å²) in [4.78, 5) is 16.6. The minimum absolute atomic E-state index is 0.169. The molecule has 0 fully saturated rings. The highest BCUT2D eigenvalue weighted by molar-refractivity contribution is 5.74. The van der Waals surface area contributed by atoms with E-state index in [0.29, 0.717) is 18.5 Å². The average molecular weight is 248 g/mol. The third kappa shape index (κ3) is 2.80. The SMILES string of the molecule is CC(C)C(CN)NCc1ccc2[nH]c(=O)[nH]c2c1. The maximum absolute atomic E-state index is 11.2. The fourth-order valence-electron chi connectivity index (χ4n) is 2.03. The highest BCUT2D eigenvalue weighted by Gasteiger charge is 2.10. The molecule has 0 amide bonds. The smallest absolute Gasteiger partial charge is 0.323 e. The van der Waals surface area contributed by atoms with Gasteiger partial charge >= 0.3 is 5.69 Å². The Morgan fingerprint density at radius 3 is 2.67 bits per heavy atom. The Morgan fingerprint density at radius 2 is 2.00 bits per heavy atom. The molecule has 0 spiro atoms. The minimum atomic E-state index is -0.169. The third-order valence-electron chi connectivity index (χ3n) is 3.21. The Kier molecular flexibility index (Phi) is 3.84. The van der Waals surface area contributed by atoms with Crippen molar-refractivity contribution in [1.82, 2.24) is 15.3 Å². The zero-order valence-electron chi connectivity index (χ0n) is 10.8. The zero-order chi connectivity index (χ0) is 13.1. The van der Waals surface area contributed by atoms with E-state index < -0.39 is 0 Å². The van der Waals surface area contributed by atoms with Gasteiger partial charge in [0.1, 0.15) is 0 Å². The topological polar surface area (TPSA) is 86.7 Å². The van der Waals surface area contributed by atoms with Gasteiger partial charge in [0.25, 0.3) is 0 Å². The molecule has 1 aromatic heterocycles. The van der Waals surface area contributed by atoms with Crippen LogP contribution in [0.4, 0.5) is 0 Å². The number of hydrogen-bond donors (Lipinski definition) is 4. The van der Waals surface area contributed by atoms with Crippen LogP contribution >= 0.6 is 0 Å². The Balaban J connectivity index is 2.09. The highest BCUT2D eigenvalue weighted by atomic mass is 16.1. The summed E-state index contributed by atoms with van der Waals surface area (Å²) < 4.78 is 0. The number of aromatic amines is 2. The van der Waals surface area contributed by atoms with E-state index in [4.69, 9.17) is 5.73 Å². The van der Waals surface area contributed by atoms with E-state index in [1.165, 1.54) is 0 Å². The van der Waals surface area contributed by atoms with Crippen molar-refractivity contribution in [3.63, 3.8) is 0 Å². The van der Waals surface area contributed by atoms with Crippen LogP contribution in [0, 0.1) is 5.92 Å². The van der Waals surface area contributed by atoms with Gasteiger partial charge in [0.2, 0.25) is 0 Å². The first kappa shape index (κ1) is 12.9. The zero-order valence-corrected chi connectivity index (χ0v) is 10.8. The van der Waals surface area contributed by atoms with E-state index in [1.54, 1.807) is 0 Å². The normalized spacial score (nSPS) is 13.3. The minimum Gasteiger partial charge on any atom is -0.329 e. The van der Waals surface area contributed by atoms with Crippen molar-refractivity contribution in [2.24, 2.45) is 11.7 Å². The molecule has 98 valence electrons. The summed E-state index contributed by atoms with van der Waals surface area (Å²) >= 11 is 0. The predicted molar refractivity (Wildman–Crippen MR) is 73.4 cm³/mol. The number of nitrogens with two attached hydrogens (primary N) is 1. The highest BCUT2D eigenvalue weighted by Crippen LogP contribution is 2.10. The van der Waals surface area contributed by atoms with Gasteiger partial charge in [-0.25, -0.2) is 4.79 Å². The number of nitrogens with one attached hydrogen (secondary N) is 3. The van der Waals surface area contributed by atoms with Crippen LogP contribution in [0.15, 0.2) is 23.0 Å². The Labute approximate surface area is 106 Å². The van der Waals surface area contributed by atoms with Crippen molar-refractivity contribution in [3.05, 3.63) is 34.2 Å². The van der Waals surface area contributed by atoms with Crippen molar-refractivity contribution < 1.29 is 0 Å². The molecule has 1 unspecified atom stereocenters. The van der Waals surface area contributed by atoms with Gasteiger partial charge in [-0.05, 0) is 23.6 Å². The monoisotopic (exact) mass is 248 g/mol. The van der Waals surface area contributed by atoms with Crippen molar-refractivity contribution in [3.8, 4) is 0 Å². The summed E-state index contributed by atoms with van der Waals surface area (Å²) in [7, 11) is 0. The number of aromatic nitrogens is 2. The van der Waals surface area contributed by atoms with Crippen molar-refractivity contribution >= 4 is 11.0 Å². The molecule has 0 bridgehead atoms. The molecule has 0 aliphatic carbocycles. The molecule has 18 heavy (non-hydrogen) atoms. The van der Waals surface area contributed by atoms with Crippen LogP contribution in [-0.4, -0.2) is 22.6 Å². The lowest BCUT2D eigenvalue weighted by molar-refractivity contribution is 0.405. The maximum Gasteiger partial charge on any atom is 0.323 e. The molecule has 2 rings (SSSR count). The van der Waals surface area contributed by atoms with E-state index >= 15 is 0 Å². The molecule has 5 nitrogen and oxygen atoms in total. The van der Waals surface area contributed by atoms with Crippen LogP contribution in [0.1, 0.15) is 19.4 Å². The fourth-order valence-corrected chi connectivity index (χ4v) is 2.03. The van der Waals surface area contributed by atoms with Crippen LogP contribution < -0.4 is 16.7 Å². The second-order valence-corrected chi connectivity index (χ2v) is 4.93. The summed E-state index contributed by atoms with van der Waals surface area (Å²) in [5.41, 5.74) is 8.36. The van der Waals surface area contributed by atoms with Gasteiger partial charge in [-0.3, -0.25) is 0 Å². The van der Waals surface area contributed by atoms with E-state index in [2.05, 4.69) is 29.1 Å². The molecule has 1 heterocycles. The first-order chi connectivity index (χ1) is 8.60. The van der Waals surface area contributed by atoms with Crippen molar-refractivity contribution in [1.29, 1.82) is 0 Å². The number of imidazole rings is 1. The first-order valence-electron chi connectivity index (χ1n) is 6.24. The van der Waals surface area contributed by atoms with E-state index in [-0.39, 0.29) is 5.69 Å². The molecule has 0 saturated heterocycles. The third-order valence-corrected chi connectivity index (χ3v) is 3.21. The van der Waals surface area contributed by atoms with E-state index in [9.17, 15) is 4.79 Å². The largest absolute Gasteiger partial charge is 0.329 e. The molecule has 5 N–H and O–H groups in total. The molecule has 0 saturated carbocycles. The lowest BCUT2D eigenvalue weighted by atomic mass is 10.0. The Morgan fingerprint density at radius 1 is 1.28 bits per heavy atom. The van der Waals surface area contributed by atoms with Crippen LogP contribution in [0.25, 0.3) is 11.0 Å². The lowest BCUT2D eigenvalue weighted by Crippen LogP contribution is -2.39. The summed E-state index contributed by atoms with van der Waals surface area (Å²) in [5.74, 6) is 0.505. The first-order valence-corrected chi connectivity index (χ1v) is 6.24. The summed E-state index contributed by atoms with van der Waals surface area (Å²) in [6, 6.07) is 6.21. The maximum atomic E-state index is 11.2. The molecule has 1 aromatic carbocycles. The van der Waals surface area contributed by atoms with Gasteiger partial charge in [-0.2, -0.15) is 0 Å². The van der Waals surface area contributed by atoms with Crippen LogP contribution in [0.5, 0.6) is 0 Å². The number of H-pyrrole nitrogens is 2. The molecule has 2 aromatic rings. The Hall–Kier alpha value is -1.59. The molecular formula is C13H20N4O. The molecular weight excluding hydrogens is 228 g/mol. The number of benzene rings is 1. The predicted octanol–water partition coefficient (Wildman–Crippen LogP) is 0.929. The molecule has 1 atom stereocenters. The van der Waals surface area contributed by atoms with Crippen LogP contribution in [0.2, 0.25) is 0 Å².